The molecule has 1 aromatic carbocycles. The molecule has 0 unspecified atom stereocenters. The molecule has 0 fully saturated rings. The van der Waals surface area contributed by atoms with Crippen molar-refractivity contribution in [2.24, 2.45) is 0 Å². The minimum Gasteiger partial charge on any atom is -0.493 e. The number of non-ortho nitro benzene ring substituents is 1. The predicted octanol–water partition coefficient (Wildman–Crippen LogP) is 2.36. The minimum absolute atomic E-state index is 0.0574. The second-order valence-corrected chi connectivity index (χ2v) is 4.26. The summed E-state index contributed by atoms with van der Waals surface area (Å²) < 4.78 is 5.55. The van der Waals surface area contributed by atoms with Crippen molar-refractivity contribution in [3.63, 3.8) is 0 Å². The van der Waals surface area contributed by atoms with Crippen molar-refractivity contribution in [3.8, 4) is 5.75 Å². The second kappa shape index (κ2) is 7.93. The number of hydrogen-bond donors (Lipinski definition) is 1. The lowest BCUT2D eigenvalue weighted by Crippen LogP contribution is -2.22. The summed E-state index contributed by atoms with van der Waals surface area (Å²) in [6.45, 7) is 6.21. The smallest absolute Gasteiger partial charge is 0.269 e. The van der Waals surface area contributed by atoms with E-state index in [1.807, 2.05) is 0 Å². The quantitative estimate of drug-likeness (QED) is 0.342. The van der Waals surface area contributed by atoms with Crippen molar-refractivity contribution in [2.45, 2.75) is 19.8 Å². The zero-order valence-corrected chi connectivity index (χ0v) is 11.4. The number of aryl methyl sites for hydroxylation is 1. The molecule has 0 saturated heterocycles. The summed E-state index contributed by atoms with van der Waals surface area (Å²) >= 11 is 0. The van der Waals surface area contributed by atoms with Gasteiger partial charge in [-0.15, -0.1) is 0 Å². The fraction of sp³-hybridized carbons (Fsp3) is 0.357. The molecule has 0 spiro atoms. The van der Waals surface area contributed by atoms with Crippen molar-refractivity contribution < 1.29 is 14.5 Å². The number of nitro groups is 1. The summed E-state index contributed by atoms with van der Waals surface area (Å²) in [6.07, 6.45) is 2.82. The minimum atomic E-state index is -0.431. The molecule has 6 heteroatoms. The molecular formula is C14H18N2O4. The third-order valence-corrected chi connectivity index (χ3v) is 2.68. The van der Waals surface area contributed by atoms with Gasteiger partial charge in [-0.3, -0.25) is 14.9 Å². The molecule has 1 rings (SSSR count). The first-order valence-corrected chi connectivity index (χ1v) is 6.32. The van der Waals surface area contributed by atoms with E-state index in [4.69, 9.17) is 4.74 Å². The molecule has 0 bridgehead atoms. The zero-order chi connectivity index (χ0) is 15.0. The third-order valence-electron chi connectivity index (χ3n) is 2.68. The largest absolute Gasteiger partial charge is 0.493 e. The number of nitrogens with one attached hydrogen (secondary N) is 1. The number of nitrogens with zero attached hydrogens (tertiary/aromatic N) is 1. The monoisotopic (exact) mass is 278 g/mol. The Balaban J connectivity index is 2.30. The molecule has 0 atom stereocenters. The molecule has 0 aliphatic carbocycles. The lowest BCUT2D eigenvalue weighted by Gasteiger charge is -2.09. The molecule has 1 aromatic rings. The van der Waals surface area contributed by atoms with E-state index in [2.05, 4.69) is 11.9 Å². The van der Waals surface area contributed by atoms with Crippen LogP contribution in [0.25, 0.3) is 0 Å². The Morgan fingerprint density at radius 2 is 2.25 bits per heavy atom. The zero-order valence-electron chi connectivity index (χ0n) is 11.4. The topological polar surface area (TPSA) is 81.5 Å². The average molecular weight is 278 g/mol. The van der Waals surface area contributed by atoms with Gasteiger partial charge < -0.3 is 10.1 Å². The maximum absolute atomic E-state index is 10.9. The number of ether oxygens (including phenoxy) is 1. The number of amides is 1. The Hall–Kier alpha value is -2.37. The Morgan fingerprint density at radius 1 is 1.50 bits per heavy atom. The van der Waals surface area contributed by atoms with Crippen LogP contribution >= 0.6 is 0 Å². The Morgan fingerprint density at radius 3 is 2.85 bits per heavy atom. The van der Waals surface area contributed by atoms with Crippen molar-refractivity contribution in [1.82, 2.24) is 5.32 Å². The first-order chi connectivity index (χ1) is 9.54. The molecule has 0 aromatic heterocycles. The van der Waals surface area contributed by atoms with E-state index in [1.165, 1.54) is 18.2 Å². The molecule has 1 amide bonds. The van der Waals surface area contributed by atoms with E-state index < -0.39 is 4.92 Å². The number of carbonyl (C=O) groups excluding carboxylic acids is 1. The van der Waals surface area contributed by atoms with E-state index in [1.54, 1.807) is 13.0 Å². The average Bonchev–Trinajstić information content (AvgIpc) is 2.43. The number of rotatable bonds is 8. The predicted molar refractivity (Wildman–Crippen MR) is 75.8 cm³/mol. The van der Waals surface area contributed by atoms with Gasteiger partial charge in [-0.2, -0.15) is 0 Å². The van der Waals surface area contributed by atoms with Crippen LogP contribution < -0.4 is 10.1 Å². The van der Waals surface area contributed by atoms with Crippen LogP contribution in [0, 0.1) is 17.0 Å². The standard InChI is InChI=1S/C14H18N2O4/c1-3-14(17)15-8-4-5-9-20-13-7-6-12(16(18)19)10-11(13)2/h3,6-7,10H,1,4-5,8-9H2,2H3,(H,15,17). The summed E-state index contributed by atoms with van der Waals surface area (Å²) in [6, 6.07) is 4.51. The van der Waals surface area contributed by atoms with Gasteiger partial charge in [-0.25, -0.2) is 0 Å². The van der Waals surface area contributed by atoms with Crippen molar-refractivity contribution in [3.05, 3.63) is 46.5 Å². The van der Waals surface area contributed by atoms with Crippen molar-refractivity contribution in [2.75, 3.05) is 13.2 Å². The molecular weight excluding hydrogens is 260 g/mol. The number of benzene rings is 1. The van der Waals surface area contributed by atoms with E-state index >= 15 is 0 Å². The summed E-state index contributed by atoms with van der Waals surface area (Å²) in [5.41, 5.74) is 0.793. The first kappa shape index (κ1) is 15.7. The maximum Gasteiger partial charge on any atom is 0.269 e. The van der Waals surface area contributed by atoms with Gasteiger partial charge in [-0.1, -0.05) is 6.58 Å². The van der Waals surface area contributed by atoms with Gasteiger partial charge in [0.15, 0.2) is 0 Å². The first-order valence-electron chi connectivity index (χ1n) is 6.32. The summed E-state index contributed by atoms with van der Waals surface area (Å²) in [4.78, 5) is 21.1. The van der Waals surface area contributed by atoms with Crippen LogP contribution in [0.4, 0.5) is 5.69 Å². The number of nitro benzene ring substituents is 1. The maximum atomic E-state index is 10.9. The van der Waals surface area contributed by atoms with Crippen LogP contribution in [-0.2, 0) is 4.79 Å². The fourth-order valence-electron chi connectivity index (χ4n) is 1.60. The summed E-state index contributed by atoms with van der Waals surface area (Å²) in [7, 11) is 0. The molecule has 0 radical (unpaired) electrons. The highest BCUT2D eigenvalue weighted by atomic mass is 16.6. The van der Waals surface area contributed by atoms with Gasteiger partial charge in [0.05, 0.1) is 11.5 Å². The molecule has 0 saturated carbocycles. The highest BCUT2D eigenvalue weighted by molar-refractivity contribution is 5.86. The molecule has 20 heavy (non-hydrogen) atoms. The van der Waals surface area contributed by atoms with Gasteiger partial charge in [-0.05, 0) is 37.5 Å². The molecule has 0 heterocycles. The highest BCUT2D eigenvalue weighted by Crippen LogP contribution is 2.23. The van der Waals surface area contributed by atoms with E-state index in [0.717, 1.165) is 18.4 Å². The van der Waals surface area contributed by atoms with Gasteiger partial charge in [0.25, 0.3) is 5.69 Å². The van der Waals surface area contributed by atoms with E-state index in [0.29, 0.717) is 18.9 Å². The summed E-state index contributed by atoms with van der Waals surface area (Å²) in [5.74, 6) is 0.461. The third kappa shape index (κ3) is 5.09. The summed E-state index contributed by atoms with van der Waals surface area (Å²) in [5, 5.41) is 13.3. The molecule has 0 aliphatic heterocycles. The van der Waals surface area contributed by atoms with Crippen LogP contribution in [0.2, 0.25) is 0 Å². The van der Waals surface area contributed by atoms with Crippen LogP contribution in [0.15, 0.2) is 30.9 Å². The Bertz CT molecular complexity index is 500. The van der Waals surface area contributed by atoms with Gasteiger partial charge in [0, 0.05) is 18.7 Å². The van der Waals surface area contributed by atoms with Crippen molar-refractivity contribution >= 4 is 11.6 Å². The van der Waals surface area contributed by atoms with Crippen LogP contribution in [0.1, 0.15) is 18.4 Å². The molecule has 1 N–H and O–H groups in total. The normalized spacial score (nSPS) is 9.85. The van der Waals surface area contributed by atoms with Crippen LogP contribution in [-0.4, -0.2) is 24.0 Å². The molecule has 6 nitrogen and oxygen atoms in total. The van der Waals surface area contributed by atoms with Crippen LogP contribution in [0.5, 0.6) is 5.75 Å². The fourth-order valence-corrected chi connectivity index (χ4v) is 1.60. The second-order valence-electron chi connectivity index (χ2n) is 4.26. The number of carbonyl (C=O) groups is 1. The van der Waals surface area contributed by atoms with Crippen molar-refractivity contribution in [1.29, 1.82) is 0 Å². The SMILES string of the molecule is C=CC(=O)NCCCCOc1ccc([N+](=O)[O-])cc1C. The lowest BCUT2D eigenvalue weighted by atomic mass is 10.2. The van der Waals surface area contributed by atoms with Gasteiger partial charge in [0.2, 0.25) is 5.91 Å². The van der Waals surface area contributed by atoms with Gasteiger partial charge >= 0.3 is 0 Å². The van der Waals surface area contributed by atoms with Gasteiger partial charge in [0.1, 0.15) is 5.75 Å². The number of unbranched alkanes of at least 4 members (excludes halogenated alkanes) is 1. The van der Waals surface area contributed by atoms with Crippen LogP contribution in [0.3, 0.4) is 0 Å². The number of hydrogen-bond acceptors (Lipinski definition) is 4. The molecule has 0 aliphatic rings. The lowest BCUT2D eigenvalue weighted by molar-refractivity contribution is -0.384. The Kier molecular flexibility index (Phi) is 6.22. The van der Waals surface area contributed by atoms with E-state index in [9.17, 15) is 14.9 Å². The van der Waals surface area contributed by atoms with E-state index in [-0.39, 0.29) is 11.6 Å². The molecule has 108 valence electrons. The Labute approximate surface area is 117 Å². The highest BCUT2D eigenvalue weighted by Gasteiger charge is 2.08.